The third-order valence-electron chi connectivity index (χ3n) is 2.24. The van der Waals surface area contributed by atoms with Crippen molar-refractivity contribution in [2.75, 3.05) is 6.54 Å². The van der Waals surface area contributed by atoms with Gasteiger partial charge in [-0.1, -0.05) is 13.8 Å². The lowest BCUT2D eigenvalue weighted by molar-refractivity contribution is -0.225. The number of rotatable bonds is 7. The van der Waals surface area contributed by atoms with Crippen LogP contribution in [0.4, 0.5) is 13.2 Å². The Morgan fingerprint density at radius 3 is 2.12 bits per heavy atom. The minimum absolute atomic E-state index is 0.356. The first-order valence-corrected chi connectivity index (χ1v) is 5.69. The number of ether oxygens (including phenoxy) is 1. The zero-order valence-corrected chi connectivity index (χ0v) is 10.4. The monoisotopic (exact) mass is 241 g/mol. The molecule has 2 nitrogen and oxygen atoms in total. The molecule has 0 aromatic carbocycles. The summed E-state index contributed by atoms with van der Waals surface area (Å²) < 4.78 is 41.4. The van der Waals surface area contributed by atoms with Gasteiger partial charge in [-0.2, -0.15) is 13.2 Å². The average Bonchev–Trinajstić information content (AvgIpc) is 2.10. The molecule has 0 aliphatic heterocycles. The second-order valence-electron chi connectivity index (χ2n) is 4.38. The maximum Gasteiger partial charge on any atom is 0.414 e. The van der Waals surface area contributed by atoms with E-state index in [0.717, 1.165) is 19.9 Å². The smallest absolute Gasteiger partial charge is 0.366 e. The standard InChI is InChI=1S/C11H22F3NO/c1-8(2)15-7-5-6-9(3)16-10(4)11(12,13)14/h8-10,15H,5-7H2,1-4H3. The van der Waals surface area contributed by atoms with Crippen LogP contribution in [0.15, 0.2) is 0 Å². The van der Waals surface area contributed by atoms with Crippen molar-refractivity contribution < 1.29 is 17.9 Å². The van der Waals surface area contributed by atoms with E-state index < -0.39 is 12.3 Å². The highest BCUT2D eigenvalue weighted by Crippen LogP contribution is 2.24. The second-order valence-corrected chi connectivity index (χ2v) is 4.38. The highest BCUT2D eigenvalue weighted by Gasteiger charge is 2.37. The van der Waals surface area contributed by atoms with E-state index in [2.05, 4.69) is 5.32 Å². The zero-order chi connectivity index (χ0) is 12.8. The van der Waals surface area contributed by atoms with Crippen molar-refractivity contribution in [2.24, 2.45) is 0 Å². The molecule has 0 heterocycles. The van der Waals surface area contributed by atoms with Gasteiger partial charge in [0.05, 0.1) is 6.10 Å². The molecule has 0 rings (SSSR count). The van der Waals surface area contributed by atoms with Crippen molar-refractivity contribution in [1.29, 1.82) is 0 Å². The normalized spacial score (nSPS) is 16.5. The van der Waals surface area contributed by atoms with E-state index in [4.69, 9.17) is 4.74 Å². The Morgan fingerprint density at radius 2 is 1.69 bits per heavy atom. The topological polar surface area (TPSA) is 21.3 Å². The van der Waals surface area contributed by atoms with Crippen LogP contribution in [-0.4, -0.2) is 31.0 Å². The Hall–Kier alpha value is -0.290. The lowest BCUT2D eigenvalue weighted by Crippen LogP contribution is -2.32. The molecule has 0 saturated heterocycles. The summed E-state index contributed by atoms with van der Waals surface area (Å²) in [5.74, 6) is 0. The lowest BCUT2D eigenvalue weighted by atomic mass is 10.2. The molecule has 0 fully saturated rings. The summed E-state index contributed by atoms with van der Waals surface area (Å²) >= 11 is 0. The van der Waals surface area contributed by atoms with E-state index in [1.165, 1.54) is 0 Å². The summed E-state index contributed by atoms with van der Waals surface area (Å²) in [5.41, 5.74) is 0. The minimum Gasteiger partial charge on any atom is -0.366 e. The van der Waals surface area contributed by atoms with Gasteiger partial charge in [0.15, 0.2) is 6.10 Å². The first-order valence-electron chi connectivity index (χ1n) is 5.69. The molecule has 0 aliphatic carbocycles. The minimum atomic E-state index is -4.26. The summed E-state index contributed by atoms with van der Waals surface area (Å²) in [5, 5.41) is 3.21. The number of alkyl halides is 3. The lowest BCUT2D eigenvalue weighted by Gasteiger charge is -2.21. The van der Waals surface area contributed by atoms with Gasteiger partial charge in [0.1, 0.15) is 0 Å². The van der Waals surface area contributed by atoms with Crippen LogP contribution in [0.25, 0.3) is 0 Å². The van der Waals surface area contributed by atoms with Gasteiger partial charge in [-0.3, -0.25) is 0 Å². The van der Waals surface area contributed by atoms with Crippen LogP contribution in [0.1, 0.15) is 40.5 Å². The molecular formula is C11H22F3NO. The molecular weight excluding hydrogens is 219 g/mol. The Kier molecular flexibility index (Phi) is 6.99. The average molecular weight is 241 g/mol. The van der Waals surface area contributed by atoms with Gasteiger partial charge in [-0.25, -0.2) is 0 Å². The second kappa shape index (κ2) is 7.12. The van der Waals surface area contributed by atoms with Gasteiger partial charge >= 0.3 is 6.18 Å². The highest BCUT2D eigenvalue weighted by molar-refractivity contribution is 4.64. The van der Waals surface area contributed by atoms with Gasteiger partial charge in [0.25, 0.3) is 0 Å². The fraction of sp³-hybridized carbons (Fsp3) is 1.00. The maximum atomic E-state index is 12.2. The van der Waals surface area contributed by atoms with Crippen LogP contribution in [0, 0.1) is 0 Å². The predicted molar refractivity (Wildman–Crippen MR) is 58.4 cm³/mol. The maximum absolute atomic E-state index is 12.2. The van der Waals surface area contributed by atoms with Gasteiger partial charge in [-0.05, 0) is 33.2 Å². The van der Waals surface area contributed by atoms with Crippen LogP contribution in [0.5, 0.6) is 0 Å². The molecule has 98 valence electrons. The first kappa shape index (κ1) is 15.7. The van der Waals surface area contributed by atoms with Crippen LogP contribution < -0.4 is 5.32 Å². The molecule has 0 spiro atoms. The molecule has 5 heteroatoms. The van der Waals surface area contributed by atoms with Crippen molar-refractivity contribution >= 4 is 0 Å². The van der Waals surface area contributed by atoms with Crippen LogP contribution in [0.3, 0.4) is 0 Å². The van der Waals surface area contributed by atoms with Crippen molar-refractivity contribution in [1.82, 2.24) is 5.32 Å². The molecule has 0 radical (unpaired) electrons. The molecule has 0 aliphatic rings. The van der Waals surface area contributed by atoms with Crippen molar-refractivity contribution in [3.63, 3.8) is 0 Å². The molecule has 2 unspecified atom stereocenters. The number of halogens is 3. The van der Waals surface area contributed by atoms with E-state index in [0.29, 0.717) is 12.5 Å². The molecule has 1 N–H and O–H groups in total. The fourth-order valence-electron chi connectivity index (χ4n) is 1.27. The Bertz CT molecular complexity index is 183. The molecule has 0 saturated carbocycles. The van der Waals surface area contributed by atoms with Crippen LogP contribution in [0.2, 0.25) is 0 Å². The van der Waals surface area contributed by atoms with Crippen molar-refractivity contribution in [3.8, 4) is 0 Å². The van der Waals surface area contributed by atoms with Gasteiger partial charge in [0.2, 0.25) is 0 Å². The molecule has 0 bridgehead atoms. The van der Waals surface area contributed by atoms with E-state index in [1.807, 2.05) is 13.8 Å². The van der Waals surface area contributed by atoms with E-state index in [9.17, 15) is 13.2 Å². The van der Waals surface area contributed by atoms with E-state index in [-0.39, 0.29) is 6.10 Å². The Balaban J connectivity index is 3.62. The molecule has 16 heavy (non-hydrogen) atoms. The molecule has 2 atom stereocenters. The Morgan fingerprint density at radius 1 is 1.12 bits per heavy atom. The Labute approximate surface area is 95.5 Å². The zero-order valence-electron chi connectivity index (χ0n) is 10.4. The van der Waals surface area contributed by atoms with Crippen LogP contribution in [-0.2, 0) is 4.74 Å². The first-order chi connectivity index (χ1) is 7.23. The summed E-state index contributed by atoms with van der Waals surface area (Å²) in [6.45, 7) is 7.60. The van der Waals surface area contributed by atoms with Gasteiger partial charge in [0, 0.05) is 6.04 Å². The number of hydrogen-bond donors (Lipinski definition) is 1. The van der Waals surface area contributed by atoms with Crippen molar-refractivity contribution in [2.45, 2.75) is 65.0 Å². The molecule has 0 aromatic heterocycles. The third kappa shape index (κ3) is 7.93. The predicted octanol–water partition coefficient (Wildman–Crippen LogP) is 3.12. The SMILES string of the molecule is CC(C)NCCCC(C)OC(C)C(F)(F)F. The number of nitrogens with one attached hydrogen (secondary N) is 1. The summed E-state index contributed by atoms with van der Waals surface area (Å²) in [4.78, 5) is 0. The highest BCUT2D eigenvalue weighted by atomic mass is 19.4. The van der Waals surface area contributed by atoms with E-state index in [1.54, 1.807) is 6.92 Å². The number of hydrogen-bond acceptors (Lipinski definition) is 2. The quantitative estimate of drug-likeness (QED) is 0.691. The van der Waals surface area contributed by atoms with Gasteiger partial charge in [-0.15, -0.1) is 0 Å². The molecule has 0 aromatic rings. The molecule has 0 amide bonds. The summed E-state index contributed by atoms with van der Waals surface area (Å²) in [6.07, 6.45) is -4.83. The largest absolute Gasteiger partial charge is 0.414 e. The van der Waals surface area contributed by atoms with Crippen molar-refractivity contribution in [3.05, 3.63) is 0 Å². The third-order valence-corrected chi connectivity index (χ3v) is 2.24. The van der Waals surface area contributed by atoms with Crippen LogP contribution >= 0.6 is 0 Å². The summed E-state index contributed by atoms with van der Waals surface area (Å²) in [6, 6.07) is 0.408. The van der Waals surface area contributed by atoms with E-state index >= 15 is 0 Å². The van der Waals surface area contributed by atoms with Gasteiger partial charge < -0.3 is 10.1 Å². The summed E-state index contributed by atoms with van der Waals surface area (Å²) in [7, 11) is 0. The fourth-order valence-corrected chi connectivity index (χ4v) is 1.27.